The third kappa shape index (κ3) is 3.86. The van der Waals surface area contributed by atoms with E-state index in [-0.39, 0.29) is 18.4 Å². The van der Waals surface area contributed by atoms with Crippen LogP contribution in [-0.4, -0.2) is 36.5 Å². The number of halogens is 1. The summed E-state index contributed by atoms with van der Waals surface area (Å²) in [6.07, 6.45) is 8.85. The standard InChI is InChI=1S/C14H24N2O.ClH/c17-14(13-3-1-2-8-15-13)16(9-11-4-5-11)10-12-6-7-12;/h11-13,15H,1-10H2;1H/t13-;/m1./s1. The minimum absolute atomic E-state index is 0. The SMILES string of the molecule is Cl.O=C([C@H]1CCCCN1)N(CC1CC1)CC1CC1. The van der Waals surface area contributed by atoms with E-state index in [1.54, 1.807) is 0 Å². The van der Waals surface area contributed by atoms with Crippen LogP contribution in [-0.2, 0) is 4.79 Å². The van der Waals surface area contributed by atoms with Crippen LogP contribution in [0.1, 0.15) is 44.9 Å². The average Bonchev–Trinajstić information content (AvgIpc) is 3.23. The highest BCUT2D eigenvalue weighted by molar-refractivity contribution is 5.85. The van der Waals surface area contributed by atoms with E-state index in [0.29, 0.717) is 5.91 Å². The molecule has 1 heterocycles. The lowest BCUT2D eigenvalue weighted by atomic mass is 10.0. The molecule has 3 fully saturated rings. The maximum Gasteiger partial charge on any atom is 0.239 e. The van der Waals surface area contributed by atoms with Gasteiger partial charge in [-0.15, -0.1) is 12.4 Å². The predicted molar refractivity (Wildman–Crippen MR) is 74.9 cm³/mol. The lowest BCUT2D eigenvalue weighted by Crippen LogP contribution is -2.49. The summed E-state index contributed by atoms with van der Waals surface area (Å²) >= 11 is 0. The second-order valence-corrected chi connectivity index (χ2v) is 6.13. The Morgan fingerprint density at radius 1 is 1.00 bits per heavy atom. The molecule has 2 saturated carbocycles. The van der Waals surface area contributed by atoms with Crippen molar-refractivity contribution in [2.45, 2.75) is 51.0 Å². The molecule has 0 aromatic carbocycles. The number of piperidine rings is 1. The van der Waals surface area contributed by atoms with E-state index in [1.165, 1.54) is 38.5 Å². The quantitative estimate of drug-likeness (QED) is 0.832. The number of carbonyl (C=O) groups is 1. The molecule has 0 spiro atoms. The van der Waals surface area contributed by atoms with Crippen molar-refractivity contribution in [3.8, 4) is 0 Å². The van der Waals surface area contributed by atoms with Gasteiger partial charge in [-0.25, -0.2) is 0 Å². The molecule has 4 heteroatoms. The van der Waals surface area contributed by atoms with E-state index in [1.807, 2.05) is 0 Å². The number of nitrogens with zero attached hydrogens (tertiary/aromatic N) is 1. The van der Waals surface area contributed by atoms with Crippen LogP contribution in [0.15, 0.2) is 0 Å². The van der Waals surface area contributed by atoms with E-state index in [2.05, 4.69) is 10.2 Å². The Kier molecular flexibility index (Phi) is 4.91. The minimum Gasteiger partial charge on any atom is -0.341 e. The molecule has 2 aliphatic carbocycles. The molecule has 0 radical (unpaired) electrons. The molecular formula is C14H25ClN2O. The van der Waals surface area contributed by atoms with Crippen molar-refractivity contribution in [3.05, 3.63) is 0 Å². The molecule has 3 rings (SSSR count). The lowest BCUT2D eigenvalue weighted by Gasteiger charge is -2.30. The molecule has 1 saturated heterocycles. The maximum absolute atomic E-state index is 12.5. The third-order valence-electron chi connectivity index (χ3n) is 4.27. The normalized spacial score (nSPS) is 27.4. The molecule has 1 aliphatic heterocycles. The van der Waals surface area contributed by atoms with Gasteiger partial charge in [-0.2, -0.15) is 0 Å². The van der Waals surface area contributed by atoms with Gasteiger partial charge in [-0.1, -0.05) is 6.42 Å². The van der Waals surface area contributed by atoms with Crippen LogP contribution in [0, 0.1) is 11.8 Å². The Labute approximate surface area is 116 Å². The van der Waals surface area contributed by atoms with Crippen molar-refractivity contribution in [2.24, 2.45) is 11.8 Å². The maximum atomic E-state index is 12.5. The lowest BCUT2D eigenvalue weighted by molar-refractivity contribution is -0.134. The Hall–Kier alpha value is -0.280. The first-order valence-electron chi connectivity index (χ1n) is 7.35. The summed E-state index contributed by atoms with van der Waals surface area (Å²) in [6.45, 7) is 3.10. The van der Waals surface area contributed by atoms with Gasteiger partial charge in [0, 0.05) is 13.1 Å². The predicted octanol–water partition coefficient (Wildman–Crippen LogP) is 2.20. The second kappa shape index (κ2) is 6.25. The zero-order chi connectivity index (χ0) is 11.7. The van der Waals surface area contributed by atoms with Gasteiger partial charge in [0.25, 0.3) is 0 Å². The number of hydrogen-bond acceptors (Lipinski definition) is 2. The van der Waals surface area contributed by atoms with Gasteiger partial charge in [-0.05, 0) is 56.9 Å². The molecule has 1 N–H and O–H groups in total. The van der Waals surface area contributed by atoms with Crippen LogP contribution in [0.5, 0.6) is 0 Å². The Morgan fingerprint density at radius 3 is 2.06 bits per heavy atom. The van der Waals surface area contributed by atoms with Crippen molar-refractivity contribution in [3.63, 3.8) is 0 Å². The monoisotopic (exact) mass is 272 g/mol. The highest BCUT2D eigenvalue weighted by Gasteiger charge is 2.34. The summed E-state index contributed by atoms with van der Waals surface area (Å²) in [5.74, 6) is 2.03. The van der Waals surface area contributed by atoms with E-state index in [9.17, 15) is 4.79 Å². The first kappa shape index (κ1) is 14.1. The van der Waals surface area contributed by atoms with Gasteiger partial charge in [-0.3, -0.25) is 4.79 Å². The first-order valence-corrected chi connectivity index (χ1v) is 7.35. The number of hydrogen-bond donors (Lipinski definition) is 1. The summed E-state index contributed by atoms with van der Waals surface area (Å²) in [4.78, 5) is 14.7. The van der Waals surface area contributed by atoms with Gasteiger partial charge >= 0.3 is 0 Å². The van der Waals surface area contributed by atoms with Crippen LogP contribution >= 0.6 is 12.4 Å². The van der Waals surface area contributed by atoms with Crippen LogP contribution in [0.3, 0.4) is 0 Å². The van der Waals surface area contributed by atoms with Crippen molar-refractivity contribution in [1.82, 2.24) is 10.2 Å². The zero-order valence-electron chi connectivity index (χ0n) is 11.1. The van der Waals surface area contributed by atoms with Crippen molar-refractivity contribution in [2.75, 3.05) is 19.6 Å². The summed E-state index contributed by atoms with van der Waals surface area (Å²) in [5.41, 5.74) is 0. The number of rotatable bonds is 5. The highest BCUT2D eigenvalue weighted by atomic mass is 35.5. The van der Waals surface area contributed by atoms with Crippen molar-refractivity contribution < 1.29 is 4.79 Å². The molecule has 104 valence electrons. The molecule has 0 aromatic heterocycles. The summed E-state index contributed by atoms with van der Waals surface area (Å²) < 4.78 is 0. The fourth-order valence-electron chi connectivity index (χ4n) is 2.76. The van der Waals surface area contributed by atoms with Crippen LogP contribution < -0.4 is 5.32 Å². The second-order valence-electron chi connectivity index (χ2n) is 6.13. The van der Waals surface area contributed by atoms with Crippen LogP contribution in [0.2, 0.25) is 0 Å². The van der Waals surface area contributed by atoms with E-state index < -0.39 is 0 Å². The largest absolute Gasteiger partial charge is 0.341 e. The fraction of sp³-hybridized carbons (Fsp3) is 0.929. The minimum atomic E-state index is 0. The van der Waals surface area contributed by atoms with E-state index in [4.69, 9.17) is 0 Å². The summed E-state index contributed by atoms with van der Waals surface area (Å²) in [6, 6.07) is 0.126. The molecule has 3 aliphatic rings. The first-order chi connectivity index (χ1) is 8.33. The molecule has 0 aromatic rings. The van der Waals surface area contributed by atoms with Gasteiger partial charge < -0.3 is 10.2 Å². The Bertz CT molecular complexity index is 270. The van der Waals surface area contributed by atoms with Crippen LogP contribution in [0.25, 0.3) is 0 Å². The van der Waals surface area contributed by atoms with Crippen molar-refractivity contribution >= 4 is 18.3 Å². The van der Waals surface area contributed by atoms with E-state index >= 15 is 0 Å². The average molecular weight is 273 g/mol. The molecular weight excluding hydrogens is 248 g/mol. The Morgan fingerprint density at radius 2 is 1.61 bits per heavy atom. The highest BCUT2D eigenvalue weighted by Crippen LogP contribution is 2.34. The van der Waals surface area contributed by atoms with Crippen molar-refractivity contribution in [1.29, 1.82) is 0 Å². The molecule has 1 atom stereocenters. The number of nitrogens with one attached hydrogen (secondary N) is 1. The number of carbonyl (C=O) groups excluding carboxylic acids is 1. The molecule has 0 bridgehead atoms. The topological polar surface area (TPSA) is 32.3 Å². The summed E-state index contributed by atoms with van der Waals surface area (Å²) in [5, 5.41) is 3.40. The Balaban J connectivity index is 0.00000120. The number of amides is 1. The third-order valence-corrected chi connectivity index (χ3v) is 4.27. The summed E-state index contributed by atoms with van der Waals surface area (Å²) in [7, 11) is 0. The van der Waals surface area contributed by atoms with E-state index in [0.717, 1.165) is 37.9 Å². The molecule has 0 unspecified atom stereocenters. The molecule has 1 amide bonds. The molecule has 18 heavy (non-hydrogen) atoms. The van der Waals surface area contributed by atoms with Gasteiger partial charge in [0.05, 0.1) is 6.04 Å². The van der Waals surface area contributed by atoms with Gasteiger partial charge in [0.15, 0.2) is 0 Å². The van der Waals surface area contributed by atoms with Gasteiger partial charge in [0.1, 0.15) is 0 Å². The fourth-order valence-corrected chi connectivity index (χ4v) is 2.76. The van der Waals surface area contributed by atoms with Crippen LogP contribution in [0.4, 0.5) is 0 Å². The van der Waals surface area contributed by atoms with Gasteiger partial charge in [0.2, 0.25) is 5.91 Å². The smallest absolute Gasteiger partial charge is 0.239 e. The molecule has 3 nitrogen and oxygen atoms in total. The zero-order valence-corrected chi connectivity index (χ0v) is 11.9.